The molecule has 0 aromatic carbocycles. The number of amides is 1. The van der Waals surface area contributed by atoms with E-state index in [-0.39, 0.29) is 11.4 Å². The van der Waals surface area contributed by atoms with Gasteiger partial charge in [0.2, 0.25) is 5.91 Å². The Kier molecular flexibility index (Phi) is 3.13. The molecule has 0 bridgehead atoms. The Morgan fingerprint density at radius 3 is 2.71 bits per heavy atom. The largest absolute Gasteiger partial charge is 0.370 e. The summed E-state index contributed by atoms with van der Waals surface area (Å²) in [7, 11) is 0. The molecule has 4 nitrogen and oxygen atoms in total. The molecule has 1 aliphatic heterocycles. The highest BCUT2D eigenvalue weighted by Gasteiger charge is 2.31. The van der Waals surface area contributed by atoms with Gasteiger partial charge in [0.05, 0.1) is 5.84 Å². The molecule has 1 fully saturated rings. The molecule has 14 heavy (non-hydrogen) atoms. The molecule has 0 radical (unpaired) electrons. The lowest BCUT2D eigenvalue weighted by Gasteiger charge is -2.42. The van der Waals surface area contributed by atoms with Gasteiger partial charge in [0, 0.05) is 24.9 Å². The van der Waals surface area contributed by atoms with Crippen LogP contribution in [0.15, 0.2) is 0 Å². The molecule has 0 unspecified atom stereocenters. The minimum atomic E-state index is -0.302. The molecule has 1 heterocycles. The zero-order chi connectivity index (χ0) is 10.8. The van der Waals surface area contributed by atoms with Crippen LogP contribution in [0.4, 0.5) is 0 Å². The second kappa shape index (κ2) is 3.98. The van der Waals surface area contributed by atoms with Crippen molar-refractivity contribution < 1.29 is 4.79 Å². The van der Waals surface area contributed by atoms with Gasteiger partial charge in [-0.05, 0) is 26.7 Å². The molecule has 3 N–H and O–H groups in total. The third kappa shape index (κ3) is 2.47. The number of hydrogen-bond acceptors (Lipinski definition) is 2. The number of carbonyl (C=O) groups is 1. The summed E-state index contributed by atoms with van der Waals surface area (Å²) in [6.45, 7) is 4.81. The van der Waals surface area contributed by atoms with Crippen molar-refractivity contribution in [2.24, 2.45) is 5.73 Å². The van der Waals surface area contributed by atoms with E-state index in [0.29, 0.717) is 12.3 Å². The molecular formula is C10H19N3O. The highest BCUT2D eigenvalue weighted by atomic mass is 16.1. The first-order chi connectivity index (χ1) is 6.43. The number of rotatable bonds is 3. The van der Waals surface area contributed by atoms with E-state index < -0.39 is 0 Å². The number of primary amides is 1. The molecule has 80 valence electrons. The van der Waals surface area contributed by atoms with Gasteiger partial charge in [-0.25, -0.2) is 0 Å². The maximum absolute atomic E-state index is 10.9. The summed E-state index contributed by atoms with van der Waals surface area (Å²) in [4.78, 5) is 12.9. The van der Waals surface area contributed by atoms with Gasteiger partial charge in [0.1, 0.15) is 0 Å². The fourth-order valence-corrected chi connectivity index (χ4v) is 2.02. The predicted octanol–water partition coefficient (Wildman–Crippen LogP) is 1.10. The van der Waals surface area contributed by atoms with E-state index in [1.807, 2.05) is 18.7 Å². The van der Waals surface area contributed by atoms with Crippen LogP contribution in [0, 0.1) is 5.41 Å². The highest BCUT2D eigenvalue weighted by molar-refractivity contribution is 5.82. The first-order valence-electron chi connectivity index (χ1n) is 5.07. The lowest BCUT2D eigenvalue weighted by Crippen LogP contribution is -2.51. The Labute approximate surface area is 85.0 Å². The van der Waals surface area contributed by atoms with Gasteiger partial charge in [0.15, 0.2) is 0 Å². The molecule has 0 saturated carbocycles. The van der Waals surface area contributed by atoms with Crippen molar-refractivity contribution >= 4 is 11.7 Å². The van der Waals surface area contributed by atoms with Gasteiger partial charge in [-0.2, -0.15) is 0 Å². The first-order valence-corrected chi connectivity index (χ1v) is 5.07. The third-order valence-corrected chi connectivity index (χ3v) is 2.71. The predicted molar refractivity (Wildman–Crippen MR) is 56.2 cm³/mol. The molecule has 4 heteroatoms. The van der Waals surface area contributed by atoms with Crippen LogP contribution in [0.5, 0.6) is 0 Å². The molecule has 1 rings (SSSR count). The van der Waals surface area contributed by atoms with Crippen molar-refractivity contribution in [2.75, 3.05) is 6.54 Å². The summed E-state index contributed by atoms with van der Waals surface area (Å²) >= 11 is 0. The Morgan fingerprint density at radius 1 is 1.57 bits per heavy atom. The first kappa shape index (κ1) is 11.0. The van der Waals surface area contributed by atoms with E-state index >= 15 is 0 Å². The van der Waals surface area contributed by atoms with Crippen LogP contribution >= 0.6 is 0 Å². The maximum Gasteiger partial charge on any atom is 0.219 e. The number of likely N-dealkylation sites (tertiary alicyclic amines) is 1. The molecule has 1 aliphatic rings. The Balaban J connectivity index is 2.68. The third-order valence-electron chi connectivity index (χ3n) is 2.71. The summed E-state index contributed by atoms with van der Waals surface area (Å²) in [5.41, 5.74) is 4.89. The van der Waals surface area contributed by atoms with Gasteiger partial charge in [-0.15, -0.1) is 0 Å². The standard InChI is InChI=1S/C10H19N3O/c1-10(2,7-9(12)14)13-6-4-3-5-8(13)11/h11H,3-7H2,1-2H3,(H2,12,14). The van der Waals surface area contributed by atoms with Gasteiger partial charge >= 0.3 is 0 Å². The number of hydrogen-bond donors (Lipinski definition) is 2. The molecule has 0 aromatic rings. The fourth-order valence-electron chi connectivity index (χ4n) is 2.02. The fraction of sp³-hybridized carbons (Fsp3) is 0.800. The quantitative estimate of drug-likeness (QED) is 0.711. The van der Waals surface area contributed by atoms with Crippen LogP contribution in [0.25, 0.3) is 0 Å². The van der Waals surface area contributed by atoms with E-state index in [1.54, 1.807) is 0 Å². The SMILES string of the molecule is CC(C)(CC(N)=O)N1CCCCC1=N. The van der Waals surface area contributed by atoms with Gasteiger partial charge in [-0.1, -0.05) is 0 Å². The van der Waals surface area contributed by atoms with E-state index in [9.17, 15) is 4.79 Å². The summed E-state index contributed by atoms with van der Waals surface area (Å²) in [5.74, 6) is 0.343. The van der Waals surface area contributed by atoms with Crippen LogP contribution in [-0.4, -0.2) is 28.7 Å². The minimum absolute atomic E-state index is 0.298. The van der Waals surface area contributed by atoms with Crippen LogP contribution in [0.3, 0.4) is 0 Å². The minimum Gasteiger partial charge on any atom is -0.370 e. The van der Waals surface area contributed by atoms with Crippen LogP contribution in [0.1, 0.15) is 39.5 Å². The van der Waals surface area contributed by atoms with Crippen LogP contribution < -0.4 is 5.73 Å². The molecule has 1 saturated heterocycles. The molecular weight excluding hydrogens is 178 g/mol. The van der Waals surface area contributed by atoms with Gasteiger partial charge in [-0.3, -0.25) is 10.2 Å². The number of nitrogens with two attached hydrogens (primary N) is 1. The zero-order valence-corrected chi connectivity index (χ0v) is 8.97. The van der Waals surface area contributed by atoms with Crippen molar-refractivity contribution in [1.82, 2.24) is 4.90 Å². The van der Waals surface area contributed by atoms with E-state index in [0.717, 1.165) is 25.8 Å². The van der Waals surface area contributed by atoms with Crippen LogP contribution in [0.2, 0.25) is 0 Å². The van der Waals surface area contributed by atoms with Gasteiger partial charge < -0.3 is 10.6 Å². The van der Waals surface area contributed by atoms with E-state index in [4.69, 9.17) is 11.1 Å². The lowest BCUT2D eigenvalue weighted by molar-refractivity contribution is -0.120. The number of carbonyl (C=O) groups excluding carboxylic acids is 1. The van der Waals surface area contributed by atoms with Crippen LogP contribution in [-0.2, 0) is 4.79 Å². The summed E-state index contributed by atoms with van der Waals surface area (Å²) in [6.07, 6.45) is 3.32. The smallest absolute Gasteiger partial charge is 0.219 e. The number of piperidine rings is 1. The van der Waals surface area contributed by atoms with E-state index in [2.05, 4.69) is 0 Å². The number of nitrogens with one attached hydrogen (secondary N) is 1. The summed E-state index contributed by atoms with van der Waals surface area (Å²) < 4.78 is 0. The van der Waals surface area contributed by atoms with E-state index in [1.165, 1.54) is 0 Å². The molecule has 0 atom stereocenters. The molecule has 0 aliphatic carbocycles. The van der Waals surface area contributed by atoms with Crippen molar-refractivity contribution in [3.63, 3.8) is 0 Å². The monoisotopic (exact) mass is 197 g/mol. The summed E-state index contributed by atoms with van der Waals surface area (Å²) in [5, 5.41) is 7.82. The average Bonchev–Trinajstić information content (AvgIpc) is 2.02. The van der Waals surface area contributed by atoms with Crippen molar-refractivity contribution in [3.8, 4) is 0 Å². The zero-order valence-electron chi connectivity index (χ0n) is 8.97. The molecule has 1 amide bonds. The number of amidine groups is 1. The highest BCUT2D eigenvalue weighted by Crippen LogP contribution is 2.24. The number of nitrogens with zero attached hydrogens (tertiary/aromatic N) is 1. The summed E-state index contributed by atoms with van der Waals surface area (Å²) in [6, 6.07) is 0. The van der Waals surface area contributed by atoms with Crippen molar-refractivity contribution in [2.45, 2.75) is 45.1 Å². The Bertz CT molecular complexity index is 248. The van der Waals surface area contributed by atoms with Crippen molar-refractivity contribution in [1.29, 1.82) is 5.41 Å². The molecule has 0 spiro atoms. The topological polar surface area (TPSA) is 70.2 Å². The second-order valence-corrected chi connectivity index (χ2v) is 4.51. The maximum atomic E-state index is 10.9. The Morgan fingerprint density at radius 2 is 2.21 bits per heavy atom. The molecule has 0 aromatic heterocycles. The second-order valence-electron chi connectivity index (χ2n) is 4.51. The normalized spacial score (nSPS) is 18.4. The van der Waals surface area contributed by atoms with Gasteiger partial charge in [0.25, 0.3) is 0 Å². The Hall–Kier alpha value is -1.06. The van der Waals surface area contributed by atoms with Crippen molar-refractivity contribution in [3.05, 3.63) is 0 Å². The average molecular weight is 197 g/mol. The lowest BCUT2D eigenvalue weighted by atomic mass is 9.94.